The van der Waals surface area contributed by atoms with E-state index in [1.807, 2.05) is 32.0 Å². The molecule has 4 heteroatoms. The number of nitrogens with zero attached hydrogens (tertiary/aromatic N) is 1. The number of nitrogens with two attached hydrogens (primary N) is 1. The van der Waals surface area contributed by atoms with Crippen LogP contribution in [0.25, 0.3) is 11.1 Å². The van der Waals surface area contributed by atoms with Crippen LogP contribution < -0.4 is 11.3 Å². The topological polar surface area (TPSA) is 63.8 Å². The third-order valence-corrected chi connectivity index (χ3v) is 2.81. The van der Waals surface area contributed by atoms with Gasteiger partial charge in [0.05, 0.1) is 5.56 Å². The number of aromatic nitrogens is 2. The van der Waals surface area contributed by atoms with Gasteiger partial charge in [0.25, 0.3) is 5.56 Å². The molecule has 1 heterocycles. The molecule has 4 nitrogen and oxygen atoms in total. The molecule has 0 saturated heterocycles. The monoisotopic (exact) mass is 217 g/mol. The summed E-state index contributed by atoms with van der Waals surface area (Å²) in [6.07, 6.45) is 0. The van der Waals surface area contributed by atoms with E-state index in [4.69, 9.17) is 5.73 Å². The number of aromatic amines is 1. The molecule has 0 amide bonds. The fraction of sp³-hybridized carbons (Fsp3) is 0.250. The van der Waals surface area contributed by atoms with Crippen molar-refractivity contribution in [2.75, 3.05) is 5.73 Å². The van der Waals surface area contributed by atoms with Gasteiger partial charge in [-0.15, -0.1) is 0 Å². The average molecular weight is 217 g/mol. The van der Waals surface area contributed by atoms with E-state index >= 15 is 0 Å². The Labute approximate surface area is 93.7 Å². The third kappa shape index (κ3) is 1.43. The summed E-state index contributed by atoms with van der Waals surface area (Å²) in [6, 6.07) is 5.93. The molecule has 0 aliphatic rings. The van der Waals surface area contributed by atoms with Crippen LogP contribution in [-0.2, 0) is 7.05 Å². The van der Waals surface area contributed by atoms with E-state index in [0.29, 0.717) is 11.4 Å². The summed E-state index contributed by atoms with van der Waals surface area (Å²) in [5, 5.41) is 2.81. The number of H-pyrrole nitrogens is 1. The first kappa shape index (κ1) is 10.5. The van der Waals surface area contributed by atoms with Crippen molar-refractivity contribution in [2.45, 2.75) is 13.8 Å². The summed E-state index contributed by atoms with van der Waals surface area (Å²) >= 11 is 0. The average Bonchev–Trinajstić information content (AvgIpc) is 2.44. The lowest BCUT2D eigenvalue weighted by atomic mass is 9.97. The highest BCUT2D eigenvalue weighted by Gasteiger charge is 2.15. The molecular weight excluding hydrogens is 202 g/mol. The SMILES string of the molecule is Cc1cccc(C)c1-c1c(N)[nH]n(C)c1=O. The molecular formula is C12H15N3O. The number of benzene rings is 1. The second-order valence-corrected chi connectivity index (χ2v) is 4.03. The summed E-state index contributed by atoms with van der Waals surface area (Å²) in [4.78, 5) is 11.9. The van der Waals surface area contributed by atoms with E-state index < -0.39 is 0 Å². The Morgan fingerprint density at radius 1 is 1.19 bits per heavy atom. The molecule has 0 radical (unpaired) electrons. The summed E-state index contributed by atoms with van der Waals surface area (Å²) < 4.78 is 1.40. The standard InChI is InChI=1S/C12H15N3O/c1-7-5-4-6-8(2)9(7)10-11(13)14-15(3)12(10)16/h4-6,14H,13H2,1-3H3. The van der Waals surface area contributed by atoms with Gasteiger partial charge in [-0.2, -0.15) is 0 Å². The molecule has 1 aromatic heterocycles. The van der Waals surface area contributed by atoms with E-state index in [1.165, 1.54) is 4.68 Å². The van der Waals surface area contributed by atoms with Gasteiger partial charge in [-0.25, -0.2) is 0 Å². The number of nitrogen functional groups attached to an aromatic ring is 1. The van der Waals surface area contributed by atoms with Gasteiger partial charge in [0.1, 0.15) is 5.82 Å². The van der Waals surface area contributed by atoms with Crippen molar-refractivity contribution >= 4 is 5.82 Å². The van der Waals surface area contributed by atoms with E-state index in [0.717, 1.165) is 16.7 Å². The molecule has 0 spiro atoms. The van der Waals surface area contributed by atoms with Crippen LogP contribution in [0.1, 0.15) is 11.1 Å². The quantitative estimate of drug-likeness (QED) is 0.761. The zero-order valence-electron chi connectivity index (χ0n) is 9.66. The second kappa shape index (κ2) is 3.56. The Morgan fingerprint density at radius 3 is 2.19 bits per heavy atom. The van der Waals surface area contributed by atoms with Crippen molar-refractivity contribution in [3.05, 3.63) is 39.7 Å². The van der Waals surface area contributed by atoms with E-state index in [9.17, 15) is 4.79 Å². The first-order chi connectivity index (χ1) is 7.52. The molecule has 1 aromatic carbocycles. The molecule has 2 aromatic rings. The normalized spacial score (nSPS) is 10.7. The maximum absolute atomic E-state index is 11.9. The number of anilines is 1. The van der Waals surface area contributed by atoms with Gasteiger partial charge in [0.2, 0.25) is 0 Å². The van der Waals surface area contributed by atoms with E-state index in [-0.39, 0.29) is 5.56 Å². The number of nitrogens with one attached hydrogen (secondary N) is 1. The van der Waals surface area contributed by atoms with Gasteiger partial charge in [0, 0.05) is 7.05 Å². The van der Waals surface area contributed by atoms with Crippen molar-refractivity contribution in [1.82, 2.24) is 9.78 Å². The Balaban J connectivity index is 2.82. The summed E-state index contributed by atoms with van der Waals surface area (Å²) in [6.45, 7) is 3.96. The van der Waals surface area contributed by atoms with Gasteiger partial charge >= 0.3 is 0 Å². The highest BCUT2D eigenvalue weighted by atomic mass is 16.1. The molecule has 0 saturated carbocycles. The molecule has 84 valence electrons. The zero-order chi connectivity index (χ0) is 11.9. The maximum atomic E-state index is 11.9. The molecule has 3 N–H and O–H groups in total. The number of hydrogen-bond acceptors (Lipinski definition) is 2. The minimum Gasteiger partial charge on any atom is -0.383 e. The van der Waals surface area contributed by atoms with Gasteiger partial charge in [-0.1, -0.05) is 18.2 Å². The highest BCUT2D eigenvalue weighted by molar-refractivity contribution is 5.78. The Bertz CT molecular complexity index is 573. The van der Waals surface area contributed by atoms with Gasteiger partial charge in [-0.05, 0) is 30.5 Å². The van der Waals surface area contributed by atoms with E-state index in [2.05, 4.69) is 5.10 Å². The van der Waals surface area contributed by atoms with Crippen LogP contribution in [0.3, 0.4) is 0 Å². The Hall–Kier alpha value is -1.97. The van der Waals surface area contributed by atoms with Crippen LogP contribution >= 0.6 is 0 Å². The molecule has 2 rings (SSSR count). The predicted octanol–water partition coefficient (Wildman–Crippen LogP) is 1.58. The van der Waals surface area contributed by atoms with Gasteiger partial charge < -0.3 is 5.73 Å². The fourth-order valence-corrected chi connectivity index (χ4v) is 2.02. The van der Waals surface area contributed by atoms with Crippen molar-refractivity contribution in [3.8, 4) is 11.1 Å². The summed E-state index contributed by atoms with van der Waals surface area (Å²) in [7, 11) is 1.66. The summed E-state index contributed by atoms with van der Waals surface area (Å²) in [5.74, 6) is 0.421. The van der Waals surface area contributed by atoms with E-state index in [1.54, 1.807) is 7.05 Å². The molecule has 16 heavy (non-hydrogen) atoms. The summed E-state index contributed by atoms with van der Waals surface area (Å²) in [5.41, 5.74) is 9.36. The Morgan fingerprint density at radius 2 is 1.75 bits per heavy atom. The van der Waals surface area contributed by atoms with Crippen LogP contribution in [0.15, 0.2) is 23.0 Å². The molecule has 0 aliphatic carbocycles. The van der Waals surface area contributed by atoms with Crippen molar-refractivity contribution in [2.24, 2.45) is 7.05 Å². The smallest absolute Gasteiger partial charge is 0.276 e. The lowest BCUT2D eigenvalue weighted by Crippen LogP contribution is -2.13. The van der Waals surface area contributed by atoms with Crippen LogP contribution in [0.4, 0.5) is 5.82 Å². The van der Waals surface area contributed by atoms with Crippen LogP contribution in [0.5, 0.6) is 0 Å². The molecule has 0 aliphatic heterocycles. The first-order valence-electron chi connectivity index (χ1n) is 5.13. The van der Waals surface area contributed by atoms with Crippen LogP contribution in [-0.4, -0.2) is 9.78 Å². The van der Waals surface area contributed by atoms with Crippen LogP contribution in [0.2, 0.25) is 0 Å². The lowest BCUT2D eigenvalue weighted by molar-refractivity contribution is 0.744. The molecule has 0 atom stereocenters. The number of rotatable bonds is 1. The zero-order valence-corrected chi connectivity index (χ0v) is 9.66. The Kier molecular flexibility index (Phi) is 2.34. The van der Waals surface area contributed by atoms with Crippen molar-refractivity contribution in [3.63, 3.8) is 0 Å². The number of aryl methyl sites for hydroxylation is 3. The van der Waals surface area contributed by atoms with Crippen molar-refractivity contribution in [1.29, 1.82) is 0 Å². The van der Waals surface area contributed by atoms with Gasteiger partial charge in [-0.3, -0.25) is 14.6 Å². The first-order valence-corrected chi connectivity index (χ1v) is 5.13. The molecule has 0 bridgehead atoms. The minimum atomic E-state index is -0.0881. The fourth-order valence-electron chi connectivity index (χ4n) is 2.02. The maximum Gasteiger partial charge on any atom is 0.276 e. The predicted molar refractivity (Wildman–Crippen MR) is 65.4 cm³/mol. The van der Waals surface area contributed by atoms with Crippen molar-refractivity contribution < 1.29 is 0 Å². The number of hydrogen-bond donors (Lipinski definition) is 2. The second-order valence-electron chi connectivity index (χ2n) is 4.03. The molecule has 0 unspecified atom stereocenters. The third-order valence-electron chi connectivity index (χ3n) is 2.81. The van der Waals surface area contributed by atoms with Crippen LogP contribution in [0, 0.1) is 13.8 Å². The highest BCUT2D eigenvalue weighted by Crippen LogP contribution is 2.27. The molecule has 0 fully saturated rings. The minimum absolute atomic E-state index is 0.0881. The largest absolute Gasteiger partial charge is 0.383 e. The van der Waals surface area contributed by atoms with Gasteiger partial charge in [0.15, 0.2) is 0 Å². The lowest BCUT2D eigenvalue weighted by Gasteiger charge is -2.07.